The van der Waals surface area contributed by atoms with E-state index in [1.165, 1.54) is 19.2 Å². The molecule has 2 aromatic rings. The van der Waals surface area contributed by atoms with Gasteiger partial charge in [-0.3, -0.25) is 4.79 Å². The van der Waals surface area contributed by atoms with Gasteiger partial charge in [0, 0.05) is 12.3 Å². The Morgan fingerprint density at radius 2 is 1.61 bits per heavy atom. The molecule has 0 unspecified atom stereocenters. The minimum absolute atomic E-state index is 0.0725. The second-order valence-electron chi connectivity index (χ2n) is 7.15. The zero-order valence-corrected chi connectivity index (χ0v) is 19.2. The van der Waals surface area contributed by atoms with E-state index in [0.717, 1.165) is 41.3 Å². The third-order valence-corrected chi connectivity index (χ3v) is 6.44. The number of hydrogen-bond acceptors (Lipinski definition) is 5. The van der Waals surface area contributed by atoms with Gasteiger partial charge in [-0.1, -0.05) is 57.0 Å². The molecule has 168 valence electrons. The van der Waals surface area contributed by atoms with Crippen LogP contribution >= 0.6 is 0 Å². The number of sulfonamides is 1. The van der Waals surface area contributed by atoms with Crippen LogP contribution in [-0.4, -0.2) is 38.0 Å². The Hall–Kier alpha value is -2.71. The van der Waals surface area contributed by atoms with E-state index >= 15 is 0 Å². The van der Waals surface area contributed by atoms with Crippen molar-refractivity contribution in [3.63, 3.8) is 0 Å². The van der Waals surface area contributed by atoms with Crippen LogP contribution in [0.1, 0.15) is 45.1 Å². The summed E-state index contributed by atoms with van der Waals surface area (Å²) in [5, 5.41) is 4.22. The molecule has 0 heterocycles. The summed E-state index contributed by atoms with van der Waals surface area (Å²) in [6, 6.07) is 15.3. The standard InChI is InChI=1S/C23H31N3O4S/c1-4-9-20(10-5-2)24-25-23(27)18-26(17-19-11-7-6-8-12-19)31(28,29)22-15-13-21(30-3)14-16-22/h6-8,11-16H,4-5,9-10,17-18H2,1-3H3,(H,25,27). The summed E-state index contributed by atoms with van der Waals surface area (Å²) in [7, 11) is -2.39. The van der Waals surface area contributed by atoms with Crippen molar-refractivity contribution >= 4 is 21.6 Å². The highest BCUT2D eigenvalue weighted by Crippen LogP contribution is 2.21. The summed E-state index contributed by atoms with van der Waals surface area (Å²) in [6.45, 7) is 3.84. The van der Waals surface area contributed by atoms with Crippen LogP contribution in [0, 0.1) is 0 Å². The van der Waals surface area contributed by atoms with Crippen molar-refractivity contribution in [3.05, 3.63) is 60.2 Å². The number of rotatable bonds is 12. The lowest BCUT2D eigenvalue weighted by molar-refractivity contribution is -0.121. The Bertz CT molecular complexity index is 950. The number of nitrogens with one attached hydrogen (secondary N) is 1. The molecule has 1 N–H and O–H groups in total. The Balaban J connectivity index is 2.25. The Labute approximate surface area is 185 Å². The smallest absolute Gasteiger partial charge is 0.255 e. The Kier molecular flexibility index (Phi) is 9.68. The zero-order chi connectivity index (χ0) is 22.7. The molecule has 2 aromatic carbocycles. The lowest BCUT2D eigenvalue weighted by Crippen LogP contribution is -2.39. The number of hydrazone groups is 1. The lowest BCUT2D eigenvalue weighted by Gasteiger charge is -2.21. The number of carbonyl (C=O) groups is 1. The van der Waals surface area contributed by atoms with E-state index in [0.29, 0.717) is 5.75 Å². The van der Waals surface area contributed by atoms with Crippen molar-refractivity contribution in [1.29, 1.82) is 0 Å². The molecule has 0 saturated carbocycles. The molecule has 0 fully saturated rings. The second kappa shape index (κ2) is 12.2. The molecular weight excluding hydrogens is 414 g/mol. The van der Waals surface area contributed by atoms with Crippen LogP contribution in [-0.2, 0) is 21.4 Å². The molecule has 0 aliphatic rings. The first kappa shape index (κ1) is 24.6. The first-order valence-electron chi connectivity index (χ1n) is 10.4. The SMILES string of the molecule is CCCC(CCC)=NNC(=O)CN(Cc1ccccc1)S(=O)(=O)c1ccc(OC)cc1. The molecule has 0 bridgehead atoms. The van der Waals surface area contributed by atoms with E-state index in [1.807, 2.05) is 30.3 Å². The molecule has 0 atom stereocenters. The average molecular weight is 446 g/mol. The van der Waals surface area contributed by atoms with Crippen LogP contribution in [0.4, 0.5) is 0 Å². The van der Waals surface area contributed by atoms with Crippen LogP contribution in [0.3, 0.4) is 0 Å². The van der Waals surface area contributed by atoms with Gasteiger partial charge < -0.3 is 4.74 Å². The molecular formula is C23H31N3O4S. The first-order valence-corrected chi connectivity index (χ1v) is 11.9. The number of benzene rings is 2. The van der Waals surface area contributed by atoms with E-state index in [9.17, 15) is 13.2 Å². The van der Waals surface area contributed by atoms with Crippen molar-refractivity contribution in [2.75, 3.05) is 13.7 Å². The summed E-state index contributed by atoms with van der Waals surface area (Å²) in [5.41, 5.74) is 4.23. The topological polar surface area (TPSA) is 88.1 Å². The van der Waals surface area contributed by atoms with Gasteiger partial charge in [0.25, 0.3) is 5.91 Å². The van der Waals surface area contributed by atoms with Crippen LogP contribution < -0.4 is 10.2 Å². The minimum Gasteiger partial charge on any atom is -0.497 e. The van der Waals surface area contributed by atoms with E-state index in [1.54, 1.807) is 12.1 Å². The normalized spacial score (nSPS) is 11.2. The summed E-state index contributed by atoms with van der Waals surface area (Å²) in [6.07, 6.45) is 3.46. The second-order valence-corrected chi connectivity index (χ2v) is 9.09. The number of hydrogen-bond donors (Lipinski definition) is 1. The van der Waals surface area contributed by atoms with Gasteiger partial charge in [-0.2, -0.15) is 9.41 Å². The summed E-state index contributed by atoms with van der Waals surface area (Å²) >= 11 is 0. The maximum Gasteiger partial charge on any atom is 0.255 e. The highest BCUT2D eigenvalue weighted by atomic mass is 32.2. The molecule has 8 heteroatoms. The van der Waals surface area contributed by atoms with Crippen molar-refractivity contribution < 1.29 is 17.9 Å². The maximum absolute atomic E-state index is 13.3. The van der Waals surface area contributed by atoms with Crippen LogP contribution in [0.15, 0.2) is 64.6 Å². The molecule has 0 spiro atoms. The number of carbonyl (C=O) groups excluding carboxylic acids is 1. The van der Waals surface area contributed by atoms with E-state index < -0.39 is 15.9 Å². The zero-order valence-electron chi connectivity index (χ0n) is 18.4. The first-order chi connectivity index (χ1) is 14.9. The average Bonchev–Trinajstić information content (AvgIpc) is 2.78. The molecule has 7 nitrogen and oxygen atoms in total. The summed E-state index contributed by atoms with van der Waals surface area (Å²) < 4.78 is 32.8. The van der Waals surface area contributed by atoms with Gasteiger partial charge in [0.2, 0.25) is 10.0 Å². The Morgan fingerprint density at radius 3 is 2.16 bits per heavy atom. The number of ether oxygens (including phenoxy) is 1. The molecule has 0 radical (unpaired) electrons. The molecule has 0 aliphatic carbocycles. The van der Waals surface area contributed by atoms with Gasteiger partial charge in [-0.05, 0) is 42.7 Å². The third-order valence-electron chi connectivity index (χ3n) is 4.63. The Morgan fingerprint density at radius 1 is 1.00 bits per heavy atom. The molecule has 1 amide bonds. The predicted molar refractivity (Wildman–Crippen MR) is 122 cm³/mol. The van der Waals surface area contributed by atoms with Gasteiger partial charge in [0.15, 0.2) is 0 Å². The number of amides is 1. The van der Waals surface area contributed by atoms with Gasteiger partial charge in [-0.15, -0.1) is 0 Å². The van der Waals surface area contributed by atoms with Crippen molar-refractivity contribution in [2.24, 2.45) is 5.10 Å². The molecule has 0 aliphatic heterocycles. The fourth-order valence-electron chi connectivity index (χ4n) is 3.06. The van der Waals surface area contributed by atoms with Crippen LogP contribution in [0.5, 0.6) is 5.75 Å². The highest BCUT2D eigenvalue weighted by molar-refractivity contribution is 7.89. The number of methoxy groups -OCH3 is 1. The molecule has 0 saturated heterocycles. The fraction of sp³-hybridized carbons (Fsp3) is 0.391. The summed E-state index contributed by atoms with van der Waals surface area (Å²) in [5.74, 6) is 0.0812. The molecule has 2 rings (SSSR count). The number of nitrogens with zero attached hydrogens (tertiary/aromatic N) is 2. The van der Waals surface area contributed by atoms with Gasteiger partial charge in [0.1, 0.15) is 5.75 Å². The molecule has 31 heavy (non-hydrogen) atoms. The van der Waals surface area contributed by atoms with Gasteiger partial charge >= 0.3 is 0 Å². The third kappa shape index (κ3) is 7.48. The van der Waals surface area contributed by atoms with Crippen molar-refractivity contribution in [3.8, 4) is 5.75 Å². The largest absolute Gasteiger partial charge is 0.497 e. The summed E-state index contributed by atoms with van der Waals surface area (Å²) in [4.78, 5) is 12.7. The van der Waals surface area contributed by atoms with Crippen molar-refractivity contribution in [2.45, 2.75) is 51.0 Å². The minimum atomic E-state index is -3.91. The predicted octanol–water partition coefficient (Wildman–Crippen LogP) is 3.96. The van der Waals surface area contributed by atoms with Crippen LogP contribution in [0.2, 0.25) is 0 Å². The monoisotopic (exact) mass is 445 g/mol. The van der Waals surface area contributed by atoms with E-state index in [4.69, 9.17) is 4.74 Å². The fourth-order valence-corrected chi connectivity index (χ4v) is 4.44. The van der Waals surface area contributed by atoms with Crippen LogP contribution in [0.25, 0.3) is 0 Å². The van der Waals surface area contributed by atoms with Gasteiger partial charge in [-0.25, -0.2) is 13.8 Å². The van der Waals surface area contributed by atoms with Crippen molar-refractivity contribution in [1.82, 2.24) is 9.73 Å². The van der Waals surface area contributed by atoms with Gasteiger partial charge in [0.05, 0.1) is 18.6 Å². The highest BCUT2D eigenvalue weighted by Gasteiger charge is 2.27. The lowest BCUT2D eigenvalue weighted by atomic mass is 10.1. The van der Waals surface area contributed by atoms with E-state index in [2.05, 4.69) is 24.4 Å². The maximum atomic E-state index is 13.3. The quantitative estimate of drug-likeness (QED) is 0.396. The molecule has 0 aromatic heterocycles. The van der Waals surface area contributed by atoms with E-state index in [-0.39, 0.29) is 18.0 Å².